The third-order valence-electron chi connectivity index (χ3n) is 2.97. The molecule has 1 N–H and O–H groups in total. The molecule has 0 fully saturated rings. The standard InChI is InChI=1S/C14H13F3OS/c1-9-6-11(14(15,16)17)2-3-12(9)13(18)7-10-4-5-19-8-10/h2-6,8,13,18H,7H2,1H3. The van der Waals surface area contributed by atoms with Crippen LogP contribution in [0.4, 0.5) is 13.2 Å². The minimum absolute atomic E-state index is 0.412. The first-order valence-corrected chi connectivity index (χ1v) is 6.69. The van der Waals surface area contributed by atoms with E-state index in [0.717, 1.165) is 17.7 Å². The van der Waals surface area contributed by atoms with Gasteiger partial charge in [0.25, 0.3) is 0 Å². The van der Waals surface area contributed by atoms with Crippen molar-refractivity contribution in [2.45, 2.75) is 25.6 Å². The monoisotopic (exact) mass is 286 g/mol. The van der Waals surface area contributed by atoms with Crippen molar-refractivity contribution in [1.29, 1.82) is 0 Å². The number of halogens is 3. The minimum atomic E-state index is -4.35. The second-order valence-corrected chi connectivity index (χ2v) is 5.20. The predicted octanol–water partition coefficient (Wildman–Crippen LogP) is 4.35. The van der Waals surface area contributed by atoms with E-state index in [1.807, 2.05) is 16.8 Å². The topological polar surface area (TPSA) is 20.2 Å². The predicted molar refractivity (Wildman–Crippen MR) is 69.2 cm³/mol. The van der Waals surface area contributed by atoms with E-state index in [4.69, 9.17) is 0 Å². The van der Waals surface area contributed by atoms with Gasteiger partial charge in [-0.3, -0.25) is 0 Å². The van der Waals surface area contributed by atoms with E-state index in [0.29, 0.717) is 17.5 Å². The van der Waals surface area contributed by atoms with Crippen LogP contribution in [0, 0.1) is 6.92 Å². The first-order chi connectivity index (χ1) is 8.88. The fourth-order valence-electron chi connectivity index (χ4n) is 1.97. The highest BCUT2D eigenvalue weighted by Gasteiger charge is 2.30. The van der Waals surface area contributed by atoms with Crippen molar-refractivity contribution in [3.05, 3.63) is 57.3 Å². The maximum absolute atomic E-state index is 12.5. The van der Waals surface area contributed by atoms with Gasteiger partial charge in [-0.2, -0.15) is 24.5 Å². The molecule has 1 heterocycles. The summed E-state index contributed by atoms with van der Waals surface area (Å²) in [5, 5.41) is 13.9. The zero-order valence-corrected chi connectivity index (χ0v) is 11.1. The molecule has 19 heavy (non-hydrogen) atoms. The summed E-state index contributed by atoms with van der Waals surface area (Å²) >= 11 is 1.53. The summed E-state index contributed by atoms with van der Waals surface area (Å²) in [5.74, 6) is 0. The molecule has 0 amide bonds. The summed E-state index contributed by atoms with van der Waals surface area (Å²) in [7, 11) is 0. The van der Waals surface area contributed by atoms with Crippen LogP contribution in [0.2, 0.25) is 0 Å². The molecular weight excluding hydrogens is 273 g/mol. The number of hydrogen-bond acceptors (Lipinski definition) is 2. The van der Waals surface area contributed by atoms with Gasteiger partial charge in [0.05, 0.1) is 11.7 Å². The van der Waals surface area contributed by atoms with Crippen LogP contribution in [-0.4, -0.2) is 5.11 Å². The normalized spacial score (nSPS) is 13.5. The van der Waals surface area contributed by atoms with Crippen molar-refractivity contribution in [3.8, 4) is 0 Å². The van der Waals surface area contributed by atoms with Crippen molar-refractivity contribution >= 4 is 11.3 Å². The number of benzene rings is 1. The number of rotatable bonds is 3. The summed E-state index contributed by atoms with van der Waals surface area (Å²) in [5.41, 5.74) is 1.30. The van der Waals surface area contributed by atoms with Crippen molar-refractivity contribution in [2.75, 3.05) is 0 Å². The van der Waals surface area contributed by atoms with Gasteiger partial charge in [-0.05, 0) is 52.6 Å². The maximum Gasteiger partial charge on any atom is 0.416 e. The highest BCUT2D eigenvalue weighted by Crippen LogP contribution is 2.32. The summed E-state index contributed by atoms with van der Waals surface area (Å²) in [6.45, 7) is 1.58. The number of aliphatic hydroxyl groups is 1. The second kappa shape index (κ2) is 5.35. The third kappa shape index (κ3) is 3.36. The first-order valence-electron chi connectivity index (χ1n) is 5.75. The highest BCUT2D eigenvalue weighted by molar-refractivity contribution is 7.07. The molecule has 1 atom stereocenters. The summed E-state index contributed by atoms with van der Waals surface area (Å²) in [6, 6.07) is 5.34. The smallest absolute Gasteiger partial charge is 0.388 e. The number of hydrogen-bond donors (Lipinski definition) is 1. The molecule has 5 heteroatoms. The molecule has 1 aromatic heterocycles. The fourth-order valence-corrected chi connectivity index (χ4v) is 2.65. The van der Waals surface area contributed by atoms with E-state index >= 15 is 0 Å². The van der Waals surface area contributed by atoms with Gasteiger partial charge in [0.2, 0.25) is 0 Å². The molecule has 0 spiro atoms. The number of alkyl halides is 3. The number of aliphatic hydroxyl groups excluding tert-OH is 1. The van der Waals surface area contributed by atoms with Gasteiger partial charge in [-0.15, -0.1) is 0 Å². The van der Waals surface area contributed by atoms with Gasteiger partial charge in [-0.1, -0.05) is 6.07 Å². The van der Waals surface area contributed by atoms with Crippen LogP contribution in [0.3, 0.4) is 0 Å². The summed E-state index contributed by atoms with van der Waals surface area (Å²) in [4.78, 5) is 0. The Balaban J connectivity index is 2.21. The zero-order valence-electron chi connectivity index (χ0n) is 10.2. The Morgan fingerprint density at radius 3 is 2.53 bits per heavy atom. The van der Waals surface area contributed by atoms with E-state index < -0.39 is 17.8 Å². The Morgan fingerprint density at radius 2 is 2.00 bits per heavy atom. The molecular formula is C14H13F3OS. The van der Waals surface area contributed by atoms with Crippen molar-refractivity contribution in [2.24, 2.45) is 0 Å². The molecule has 0 aliphatic heterocycles. The Hall–Kier alpha value is -1.33. The van der Waals surface area contributed by atoms with Crippen LogP contribution in [0.5, 0.6) is 0 Å². The van der Waals surface area contributed by atoms with E-state index in [-0.39, 0.29) is 0 Å². The maximum atomic E-state index is 12.5. The minimum Gasteiger partial charge on any atom is -0.388 e. The molecule has 1 nitrogen and oxygen atoms in total. The summed E-state index contributed by atoms with van der Waals surface area (Å²) < 4.78 is 37.6. The Labute approximate surface area is 113 Å². The zero-order chi connectivity index (χ0) is 14.0. The lowest BCUT2D eigenvalue weighted by molar-refractivity contribution is -0.137. The average Bonchev–Trinajstić information content (AvgIpc) is 2.80. The lowest BCUT2D eigenvalue weighted by atomic mass is 9.97. The van der Waals surface area contributed by atoms with Crippen LogP contribution in [0.15, 0.2) is 35.0 Å². The lowest BCUT2D eigenvalue weighted by Crippen LogP contribution is -2.08. The molecule has 2 aromatic rings. The van der Waals surface area contributed by atoms with Crippen molar-refractivity contribution in [3.63, 3.8) is 0 Å². The molecule has 2 rings (SSSR count). The van der Waals surface area contributed by atoms with Gasteiger partial charge < -0.3 is 5.11 Å². The fraction of sp³-hybridized carbons (Fsp3) is 0.286. The number of aryl methyl sites for hydroxylation is 1. The second-order valence-electron chi connectivity index (χ2n) is 4.42. The number of thiophene rings is 1. The van der Waals surface area contributed by atoms with Gasteiger partial charge in [0.1, 0.15) is 0 Å². The van der Waals surface area contributed by atoms with E-state index in [1.165, 1.54) is 17.4 Å². The quantitative estimate of drug-likeness (QED) is 0.889. The van der Waals surface area contributed by atoms with E-state index in [9.17, 15) is 18.3 Å². The third-order valence-corrected chi connectivity index (χ3v) is 3.70. The largest absolute Gasteiger partial charge is 0.416 e. The van der Waals surface area contributed by atoms with Crippen molar-refractivity contribution in [1.82, 2.24) is 0 Å². The lowest BCUT2D eigenvalue weighted by Gasteiger charge is -2.15. The SMILES string of the molecule is Cc1cc(C(F)(F)F)ccc1C(O)Cc1ccsc1. The van der Waals surface area contributed by atoms with Gasteiger partial charge in [0, 0.05) is 6.42 Å². The highest BCUT2D eigenvalue weighted by atomic mass is 32.1. The molecule has 0 saturated heterocycles. The van der Waals surface area contributed by atoms with Gasteiger partial charge in [-0.25, -0.2) is 0 Å². The molecule has 102 valence electrons. The first kappa shape index (κ1) is 14.1. The molecule has 0 saturated carbocycles. The molecule has 0 aliphatic carbocycles. The van der Waals surface area contributed by atoms with E-state index in [1.54, 1.807) is 6.92 Å². The van der Waals surface area contributed by atoms with Crippen LogP contribution in [0.25, 0.3) is 0 Å². The summed E-state index contributed by atoms with van der Waals surface area (Å²) in [6.07, 6.45) is -4.71. The van der Waals surface area contributed by atoms with E-state index in [2.05, 4.69) is 0 Å². The van der Waals surface area contributed by atoms with Gasteiger partial charge >= 0.3 is 6.18 Å². The molecule has 1 unspecified atom stereocenters. The van der Waals surface area contributed by atoms with Crippen LogP contribution >= 0.6 is 11.3 Å². The van der Waals surface area contributed by atoms with Crippen LogP contribution in [-0.2, 0) is 12.6 Å². The molecule has 0 bridgehead atoms. The average molecular weight is 286 g/mol. The molecule has 0 radical (unpaired) electrons. The Morgan fingerprint density at radius 1 is 1.26 bits per heavy atom. The Kier molecular flexibility index (Phi) is 3.96. The molecule has 0 aliphatic rings. The van der Waals surface area contributed by atoms with Gasteiger partial charge in [0.15, 0.2) is 0 Å². The van der Waals surface area contributed by atoms with Crippen LogP contribution in [0.1, 0.15) is 28.4 Å². The van der Waals surface area contributed by atoms with Crippen molar-refractivity contribution < 1.29 is 18.3 Å². The Bertz CT molecular complexity index is 546. The molecule has 1 aromatic carbocycles. The van der Waals surface area contributed by atoms with Crippen LogP contribution < -0.4 is 0 Å².